The number of carbonyl (C=O) groups excluding carboxylic acids is 1. The lowest BCUT2D eigenvalue weighted by Crippen LogP contribution is -2.30. The van der Waals surface area contributed by atoms with Crippen LogP contribution in [0.25, 0.3) is 0 Å². The van der Waals surface area contributed by atoms with Crippen molar-refractivity contribution in [3.05, 3.63) is 82.9 Å². The molecule has 0 aliphatic rings. The Labute approximate surface area is 134 Å². The zero-order valence-electron chi connectivity index (χ0n) is 12.3. The van der Waals surface area contributed by atoms with Gasteiger partial charge in [-0.2, -0.15) is 4.37 Å². The number of rotatable bonds is 4. The third-order valence-corrected chi connectivity index (χ3v) is 4.04. The molecule has 1 aromatic heterocycles. The monoisotopic (exact) mass is 308 g/mol. The van der Waals surface area contributed by atoms with Gasteiger partial charge in [0.1, 0.15) is 5.69 Å². The van der Waals surface area contributed by atoms with Crippen LogP contribution in [0.3, 0.4) is 0 Å². The van der Waals surface area contributed by atoms with Crippen molar-refractivity contribution in [1.82, 2.24) is 4.37 Å². The molecule has 0 saturated heterocycles. The molecule has 2 aromatic carbocycles. The fraction of sp³-hybridized carbons (Fsp3) is 0.111. The van der Waals surface area contributed by atoms with E-state index in [4.69, 9.17) is 0 Å². The van der Waals surface area contributed by atoms with E-state index in [-0.39, 0.29) is 5.91 Å². The maximum atomic E-state index is 12.8. The van der Waals surface area contributed by atoms with Gasteiger partial charge in [0.25, 0.3) is 5.91 Å². The van der Waals surface area contributed by atoms with Gasteiger partial charge in [0.2, 0.25) is 0 Å². The molecule has 0 aliphatic carbocycles. The first-order valence-electron chi connectivity index (χ1n) is 7.08. The lowest BCUT2D eigenvalue weighted by Gasteiger charge is -2.22. The van der Waals surface area contributed by atoms with E-state index in [1.165, 1.54) is 11.5 Å². The molecular formula is C18H16N2OS. The van der Waals surface area contributed by atoms with Crippen LogP contribution in [0.5, 0.6) is 0 Å². The summed E-state index contributed by atoms with van der Waals surface area (Å²) in [6.45, 7) is 2.48. The van der Waals surface area contributed by atoms with Gasteiger partial charge in [-0.15, -0.1) is 0 Å². The average Bonchev–Trinajstić information content (AvgIpc) is 3.00. The topological polar surface area (TPSA) is 33.2 Å². The molecule has 22 heavy (non-hydrogen) atoms. The Kier molecular flexibility index (Phi) is 4.30. The van der Waals surface area contributed by atoms with Crippen molar-refractivity contribution in [2.75, 3.05) is 4.90 Å². The standard InChI is InChI=1S/C18H16N2OS/c1-14-12-17(19-22-14)18(21)20(16-10-6-3-7-11-16)13-15-8-4-2-5-9-15/h2-12H,13H2,1H3. The van der Waals surface area contributed by atoms with Crippen LogP contribution in [0, 0.1) is 6.92 Å². The predicted octanol–water partition coefficient (Wildman–Crippen LogP) is 4.30. The lowest BCUT2D eigenvalue weighted by atomic mass is 10.2. The summed E-state index contributed by atoms with van der Waals surface area (Å²) in [5, 5.41) is 0. The van der Waals surface area contributed by atoms with Gasteiger partial charge < -0.3 is 4.90 Å². The second kappa shape index (κ2) is 6.54. The molecular weight excluding hydrogens is 292 g/mol. The number of aromatic nitrogens is 1. The van der Waals surface area contributed by atoms with E-state index in [9.17, 15) is 4.79 Å². The summed E-state index contributed by atoms with van der Waals surface area (Å²) in [5.41, 5.74) is 2.47. The number of anilines is 1. The smallest absolute Gasteiger partial charge is 0.278 e. The molecule has 1 heterocycles. The number of nitrogens with zero attached hydrogens (tertiary/aromatic N) is 2. The zero-order chi connectivity index (χ0) is 15.4. The van der Waals surface area contributed by atoms with Gasteiger partial charge in [0.05, 0.1) is 6.54 Å². The fourth-order valence-electron chi connectivity index (χ4n) is 2.26. The van der Waals surface area contributed by atoms with Crippen LogP contribution in [-0.2, 0) is 6.54 Å². The van der Waals surface area contributed by atoms with E-state index in [1.54, 1.807) is 4.90 Å². The molecule has 3 nitrogen and oxygen atoms in total. The summed E-state index contributed by atoms with van der Waals surface area (Å²) in [6, 6.07) is 21.5. The third-order valence-electron chi connectivity index (χ3n) is 3.34. The number of hydrogen-bond acceptors (Lipinski definition) is 3. The van der Waals surface area contributed by atoms with Crippen molar-refractivity contribution in [1.29, 1.82) is 0 Å². The van der Waals surface area contributed by atoms with Crippen molar-refractivity contribution < 1.29 is 4.79 Å². The molecule has 0 N–H and O–H groups in total. The van der Waals surface area contributed by atoms with Gasteiger partial charge in [-0.1, -0.05) is 48.5 Å². The quantitative estimate of drug-likeness (QED) is 0.720. The predicted molar refractivity (Wildman–Crippen MR) is 90.2 cm³/mol. The second-order valence-electron chi connectivity index (χ2n) is 5.04. The van der Waals surface area contributed by atoms with Gasteiger partial charge in [0, 0.05) is 10.6 Å². The van der Waals surface area contributed by atoms with E-state index < -0.39 is 0 Å². The van der Waals surface area contributed by atoms with Crippen LogP contribution in [0.1, 0.15) is 20.9 Å². The SMILES string of the molecule is Cc1cc(C(=O)N(Cc2ccccc2)c2ccccc2)ns1. The van der Waals surface area contributed by atoms with E-state index in [2.05, 4.69) is 4.37 Å². The first-order valence-corrected chi connectivity index (χ1v) is 7.85. The van der Waals surface area contributed by atoms with Gasteiger partial charge in [-0.25, -0.2) is 0 Å². The highest BCUT2D eigenvalue weighted by molar-refractivity contribution is 7.05. The molecule has 0 bridgehead atoms. The van der Waals surface area contributed by atoms with Crippen molar-refractivity contribution in [3.8, 4) is 0 Å². The fourth-order valence-corrected chi connectivity index (χ4v) is 2.80. The van der Waals surface area contributed by atoms with Gasteiger partial charge in [-0.3, -0.25) is 4.79 Å². The third kappa shape index (κ3) is 3.23. The van der Waals surface area contributed by atoms with Crippen LogP contribution in [0.15, 0.2) is 66.7 Å². The van der Waals surface area contributed by atoms with E-state index in [0.29, 0.717) is 12.2 Å². The minimum Gasteiger partial charge on any atom is -0.303 e. The number of para-hydroxylation sites is 1. The highest BCUT2D eigenvalue weighted by atomic mass is 32.1. The van der Waals surface area contributed by atoms with E-state index in [0.717, 1.165) is 16.1 Å². The maximum absolute atomic E-state index is 12.8. The second-order valence-corrected chi connectivity index (χ2v) is 6.04. The lowest BCUT2D eigenvalue weighted by molar-refractivity contribution is 0.0981. The van der Waals surface area contributed by atoms with Gasteiger partial charge in [0.15, 0.2) is 0 Å². The number of hydrogen-bond donors (Lipinski definition) is 0. The number of aryl methyl sites for hydroxylation is 1. The Morgan fingerprint density at radius 3 is 2.27 bits per heavy atom. The molecule has 0 spiro atoms. The Bertz CT molecular complexity index is 753. The van der Waals surface area contributed by atoms with Gasteiger partial charge in [-0.05, 0) is 42.2 Å². The van der Waals surface area contributed by atoms with Crippen LogP contribution in [0.2, 0.25) is 0 Å². The first-order chi connectivity index (χ1) is 10.7. The minimum atomic E-state index is -0.0700. The van der Waals surface area contributed by atoms with Gasteiger partial charge >= 0.3 is 0 Å². The Morgan fingerprint density at radius 1 is 1.05 bits per heavy atom. The molecule has 0 fully saturated rings. The molecule has 1 amide bonds. The van der Waals surface area contributed by atoms with Crippen LogP contribution < -0.4 is 4.90 Å². The molecule has 3 rings (SSSR count). The highest BCUT2D eigenvalue weighted by Crippen LogP contribution is 2.20. The average molecular weight is 308 g/mol. The van der Waals surface area contributed by atoms with Crippen molar-refractivity contribution in [2.24, 2.45) is 0 Å². The molecule has 0 saturated carbocycles. The summed E-state index contributed by atoms with van der Waals surface area (Å²) in [4.78, 5) is 15.6. The molecule has 0 aliphatic heterocycles. The van der Waals surface area contributed by atoms with Crippen molar-refractivity contribution in [3.63, 3.8) is 0 Å². The van der Waals surface area contributed by atoms with E-state index in [1.807, 2.05) is 73.7 Å². The molecule has 110 valence electrons. The van der Waals surface area contributed by atoms with Crippen LogP contribution in [0.4, 0.5) is 5.69 Å². The highest BCUT2D eigenvalue weighted by Gasteiger charge is 2.20. The molecule has 0 unspecified atom stereocenters. The molecule has 0 radical (unpaired) electrons. The Morgan fingerprint density at radius 2 is 1.68 bits per heavy atom. The number of benzene rings is 2. The van der Waals surface area contributed by atoms with E-state index >= 15 is 0 Å². The molecule has 0 atom stereocenters. The summed E-state index contributed by atoms with van der Waals surface area (Å²) in [5.74, 6) is -0.0700. The molecule has 3 aromatic rings. The zero-order valence-corrected chi connectivity index (χ0v) is 13.1. The molecule has 4 heteroatoms. The number of carbonyl (C=O) groups is 1. The van der Waals surface area contributed by atoms with Crippen LogP contribution in [-0.4, -0.2) is 10.3 Å². The number of amides is 1. The maximum Gasteiger partial charge on any atom is 0.278 e. The normalized spacial score (nSPS) is 10.4. The van der Waals surface area contributed by atoms with Crippen molar-refractivity contribution in [2.45, 2.75) is 13.5 Å². The van der Waals surface area contributed by atoms with Crippen molar-refractivity contribution >= 4 is 23.1 Å². The summed E-state index contributed by atoms with van der Waals surface area (Å²) in [6.07, 6.45) is 0. The first kappa shape index (κ1) is 14.5. The summed E-state index contributed by atoms with van der Waals surface area (Å²) in [7, 11) is 0. The Hall–Kier alpha value is -2.46. The van der Waals surface area contributed by atoms with Crippen LogP contribution >= 0.6 is 11.5 Å². The summed E-state index contributed by atoms with van der Waals surface area (Å²) >= 11 is 1.35. The largest absolute Gasteiger partial charge is 0.303 e. The minimum absolute atomic E-state index is 0.0700. The summed E-state index contributed by atoms with van der Waals surface area (Å²) < 4.78 is 4.25. The Balaban J connectivity index is 1.94.